The van der Waals surface area contributed by atoms with Crippen molar-refractivity contribution in [2.75, 3.05) is 11.0 Å². The molecular formula is C36H31F7N8O4S. The number of amides is 1. The van der Waals surface area contributed by atoms with Crippen LogP contribution in [-0.2, 0) is 46.9 Å². The molecule has 3 aromatic heterocycles. The largest absolute Gasteiger partial charge is 0.435 e. The first kappa shape index (κ1) is 38.7. The van der Waals surface area contributed by atoms with Crippen LogP contribution in [0.15, 0.2) is 42.6 Å². The molecule has 7 rings (SSSR count). The summed E-state index contributed by atoms with van der Waals surface area (Å²) in [6.45, 7) is 1.70. The summed E-state index contributed by atoms with van der Waals surface area (Å²) in [5, 5.41) is 20.9. The van der Waals surface area contributed by atoms with Crippen LogP contribution >= 0.6 is 0 Å². The smallest absolute Gasteiger partial charge is 0.378 e. The number of benzene rings is 2. The number of nitrogens with zero attached hydrogens (tertiary/aromatic N) is 6. The predicted molar refractivity (Wildman–Crippen MR) is 186 cm³/mol. The number of aryl methyl sites for hydroxylation is 1. The number of fused-ring (bicyclic) bond motifs is 4. The highest BCUT2D eigenvalue weighted by atomic mass is 32.2. The van der Waals surface area contributed by atoms with E-state index in [0.717, 1.165) is 18.4 Å². The van der Waals surface area contributed by atoms with Crippen LogP contribution in [0.3, 0.4) is 0 Å². The van der Waals surface area contributed by atoms with E-state index in [1.807, 2.05) is 0 Å². The van der Waals surface area contributed by atoms with Gasteiger partial charge in [-0.15, -0.1) is 0 Å². The minimum Gasteiger partial charge on any atom is -0.378 e. The number of aliphatic hydroxyl groups is 1. The monoisotopic (exact) mass is 804 g/mol. The van der Waals surface area contributed by atoms with Gasteiger partial charge >= 0.3 is 6.18 Å². The second-order valence-electron chi connectivity index (χ2n) is 14.3. The molecule has 3 atom stereocenters. The van der Waals surface area contributed by atoms with Gasteiger partial charge in [0.25, 0.3) is 5.92 Å². The van der Waals surface area contributed by atoms with E-state index in [0.29, 0.717) is 27.2 Å². The Balaban J connectivity index is 1.38. The Labute approximate surface area is 314 Å². The van der Waals surface area contributed by atoms with E-state index < -0.39 is 93.1 Å². The number of carbonyl (C=O) groups is 1. The summed E-state index contributed by atoms with van der Waals surface area (Å²) in [4.78, 5) is 22.7. The highest BCUT2D eigenvalue weighted by molar-refractivity contribution is 7.92. The SMILES string of the molecule is Cn1nc(NS(C)(=O)=O)c2cccc(-c3cnc(C#CC(C)(C)O)nc3[C@H](Cc3cc(F)cc(F)c3)NC(=O)Cn3nc(C(F)(F)F)c4c3C(F)(F)[C@@H]3C[C@H]43)c21. The molecule has 0 aliphatic heterocycles. The van der Waals surface area contributed by atoms with Gasteiger partial charge in [-0.2, -0.15) is 32.1 Å². The zero-order valence-electron chi connectivity index (χ0n) is 29.8. The Bertz CT molecular complexity index is 2580. The predicted octanol–water partition coefficient (Wildman–Crippen LogP) is 5.33. The van der Waals surface area contributed by atoms with Crippen LogP contribution in [-0.4, -0.2) is 60.8 Å². The Kier molecular flexibility index (Phi) is 9.19. The van der Waals surface area contributed by atoms with Gasteiger partial charge in [-0.3, -0.25) is 18.9 Å². The van der Waals surface area contributed by atoms with Crippen LogP contribution in [0.4, 0.5) is 36.6 Å². The summed E-state index contributed by atoms with van der Waals surface area (Å²) in [5.41, 5.74) is -3.91. The molecule has 0 saturated heterocycles. The molecule has 20 heteroatoms. The molecule has 0 radical (unpaired) electrons. The zero-order valence-corrected chi connectivity index (χ0v) is 30.6. The van der Waals surface area contributed by atoms with E-state index in [1.165, 1.54) is 31.8 Å². The van der Waals surface area contributed by atoms with Gasteiger partial charge in [0.1, 0.15) is 29.5 Å². The molecule has 1 fully saturated rings. The summed E-state index contributed by atoms with van der Waals surface area (Å²) in [6.07, 6.45) is -3.40. The fourth-order valence-corrected chi connectivity index (χ4v) is 7.59. The van der Waals surface area contributed by atoms with Crippen LogP contribution in [0, 0.1) is 29.4 Å². The van der Waals surface area contributed by atoms with Crippen LogP contribution in [0.25, 0.3) is 22.0 Å². The molecule has 56 heavy (non-hydrogen) atoms. The molecule has 294 valence electrons. The lowest BCUT2D eigenvalue weighted by Crippen LogP contribution is -2.35. The van der Waals surface area contributed by atoms with Crippen molar-refractivity contribution in [2.24, 2.45) is 13.0 Å². The summed E-state index contributed by atoms with van der Waals surface area (Å²) >= 11 is 0. The van der Waals surface area contributed by atoms with Crippen molar-refractivity contribution in [3.8, 4) is 23.0 Å². The number of rotatable bonds is 9. The van der Waals surface area contributed by atoms with Gasteiger partial charge < -0.3 is 10.4 Å². The molecule has 2 aliphatic rings. The van der Waals surface area contributed by atoms with E-state index in [9.17, 15) is 40.3 Å². The molecule has 3 N–H and O–H groups in total. The maximum atomic E-state index is 15.3. The average molecular weight is 805 g/mol. The van der Waals surface area contributed by atoms with Gasteiger partial charge in [0.05, 0.1) is 23.5 Å². The molecule has 1 saturated carbocycles. The molecule has 12 nitrogen and oxygen atoms in total. The second-order valence-corrected chi connectivity index (χ2v) is 16.0. The number of hydrogen-bond acceptors (Lipinski definition) is 8. The van der Waals surface area contributed by atoms with Gasteiger partial charge in [-0.1, -0.05) is 18.1 Å². The lowest BCUT2D eigenvalue weighted by atomic mass is 9.95. The van der Waals surface area contributed by atoms with Gasteiger partial charge in [0.2, 0.25) is 21.8 Å². The molecule has 2 aliphatic carbocycles. The molecule has 0 spiro atoms. The number of halogens is 7. The normalized spacial score (nSPS) is 17.9. The Hall–Kier alpha value is -5.55. The van der Waals surface area contributed by atoms with Crippen molar-refractivity contribution in [3.63, 3.8) is 0 Å². The molecule has 0 unspecified atom stereocenters. The summed E-state index contributed by atoms with van der Waals surface area (Å²) < 4.78 is 130. The fourth-order valence-electron chi connectivity index (χ4n) is 7.09. The third-order valence-corrected chi connectivity index (χ3v) is 9.82. The fraction of sp³-hybridized carbons (Fsp3) is 0.361. The van der Waals surface area contributed by atoms with Crippen LogP contribution in [0.2, 0.25) is 0 Å². The van der Waals surface area contributed by atoms with Crippen molar-refractivity contribution >= 4 is 32.7 Å². The number of sulfonamides is 1. The Morgan fingerprint density at radius 1 is 1.11 bits per heavy atom. The summed E-state index contributed by atoms with van der Waals surface area (Å²) in [7, 11) is -2.27. The van der Waals surface area contributed by atoms with E-state index in [-0.39, 0.29) is 34.9 Å². The number of carbonyl (C=O) groups excluding carboxylic acids is 1. The average Bonchev–Trinajstić information content (AvgIpc) is 3.61. The Morgan fingerprint density at radius 2 is 1.80 bits per heavy atom. The minimum atomic E-state index is -5.08. The van der Waals surface area contributed by atoms with Crippen molar-refractivity contribution in [3.05, 3.63) is 88.3 Å². The molecule has 1 amide bonds. The van der Waals surface area contributed by atoms with E-state index in [4.69, 9.17) is 0 Å². The quantitative estimate of drug-likeness (QED) is 0.134. The molecule has 0 bridgehead atoms. The first-order chi connectivity index (χ1) is 26.0. The van der Waals surface area contributed by atoms with Crippen LogP contribution in [0.1, 0.15) is 66.3 Å². The number of aromatic nitrogens is 6. The number of nitrogens with one attached hydrogen (secondary N) is 2. The van der Waals surface area contributed by atoms with E-state index in [2.05, 4.69) is 42.0 Å². The molecular weight excluding hydrogens is 774 g/mol. The number of hydrogen-bond donors (Lipinski definition) is 3. The van der Waals surface area contributed by atoms with Gasteiger partial charge in [0.15, 0.2) is 11.5 Å². The van der Waals surface area contributed by atoms with Crippen LogP contribution in [0.5, 0.6) is 0 Å². The van der Waals surface area contributed by atoms with Crippen molar-refractivity contribution in [1.29, 1.82) is 0 Å². The standard InChI is InChI=1S/C36H31F7N8O4S/c1-34(2,53)9-8-26-44-15-23(20-6-5-7-21-30(20)50(3)48-33(21)49-56(4,54)55)29(46-26)25(12-17-10-18(37)13-19(38)11-17)45-27(52)16-51-32-28(31(47-51)36(41,42)43)22-14-24(22)35(32,39)40/h5-7,10-11,13,15,22,24-25,53H,12,14,16H2,1-4H3,(H,45,52)(H,48,49)/t22-,24+,25-/m0/s1. The van der Waals surface area contributed by atoms with E-state index >= 15 is 8.78 Å². The molecule has 5 aromatic rings. The Morgan fingerprint density at radius 3 is 2.45 bits per heavy atom. The number of anilines is 1. The topological polar surface area (TPSA) is 157 Å². The van der Waals surface area contributed by atoms with Crippen molar-refractivity contribution < 1.29 is 49.1 Å². The van der Waals surface area contributed by atoms with Gasteiger partial charge in [0, 0.05) is 47.3 Å². The molecule has 3 heterocycles. The lowest BCUT2D eigenvalue weighted by Gasteiger charge is -2.23. The zero-order chi connectivity index (χ0) is 40.7. The number of para-hydroxylation sites is 1. The van der Waals surface area contributed by atoms with Crippen molar-refractivity contribution in [2.45, 2.75) is 62.9 Å². The lowest BCUT2D eigenvalue weighted by molar-refractivity contribution is -0.142. The van der Waals surface area contributed by atoms with Crippen LogP contribution < -0.4 is 10.0 Å². The highest BCUT2D eigenvalue weighted by Gasteiger charge is 2.68. The van der Waals surface area contributed by atoms with Crippen molar-refractivity contribution in [1.82, 2.24) is 34.8 Å². The summed E-state index contributed by atoms with van der Waals surface area (Å²) in [6, 6.07) is 5.91. The van der Waals surface area contributed by atoms with E-state index in [1.54, 1.807) is 18.2 Å². The third kappa shape index (κ3) is 7.52. The third-order valence-electron chi connectivity index (χ3n) is 9.26. The second kappa shape index (κ2) is 13.3. The summed E-state index contributed by atoms with van der Waals surface area (Å²) in [5.74, 6) is -4.17. The molecule has 2 aromatic carbocycles. The first-order valence-corrected chi connectivity index (χ1v) is 18.8. The maximum absolute atomic E-state index is 15.3. The maximum Gasteiger partial charge on any atom is 0.435 e. The minimum absolute atomic E-state index is 0.00849. The highest BCUT2D eigenvalue weighted by Crippen LogP contribution is 2.68. The van der Waals surface area contributed by atoms with Gasteiger partial charge in [-0.25, -0.2) is 27.2 Å². The first-order valence-electron chi connectivity index (χ1n) is 16.9. The number of alkyl halides is 5. The van der Waals surface area contributed by atoms with Gasteiger partial charge in [-0.05, 0) is 62.3 Å².